The van der Waals surface area contributed by atoms with Crippen LogP contribution in [0.3, 0.4) is 0 Å². The van der Waals surface area contributed by atoms with Crippen LogP contribution in [0.15, 0.2) is 60.9 Å². The number of nitrogens with one attached hydrogen (secondary N) is 2. The van der Waals surface area contributed by atoms with Crippen LogP contribution in [0.1, 0.15) is 11.1 Å². The van der Waals surface area contributed by atoms with E-state index < -0.39 is 10.5 Å². The summed E-state index contributed by atoms with van der Waals surface area (Å²) in [7, 11) is 5.49. The van der Waals surface area contributed by atoms with Gasteiger partial charge in [-0.3, -0.25) is 9.59 Å². The first-order valence-electron chi connectivity index (χ1n) is 10.2. The largest absolute Gasteiger partial charge is 0.468 e. The first-order chi connectivity index (χ1) is 15.6. The molecule has 2 atom stereocenters. The van der Waals surface area contributed by atoms with Gasteiger partial charge >= 0.3 is 11.9 Å². The van der Waals surface area contributed by atoms with E-state index in [1.54, 1.807) is 0 Å². The molecule has 0 saturated carbocycles. The molecule has 2 unspecified atom stereocenters. The van der Waals surface area contributed by atoms with Crippen molar-refractivity contribution in [3.63, 3.8) is 0 Å². The van der Waals surface area contributed by atoms with E-state index in [2.05, 4.69) is 9.97 Å². The van der Waals surface area contributed by atoms with Crippen molar-refractivity contribution in [1.29, 1.82) is 0 Å². The lowest BCUT2D eigenvalue weighted by Gasteiger charge is -2.18. The minimum absolute atomic E-state index is 0.316. The Hall–Kier alpha value is -2.84. The Labute approximate surface area is 193 Å². The Bertz CT molecular complexity index is 1140. The maximum Gasteiger partial charge on any atom is 0.320 e. The van der Waals surface area contributed by atoms with Crippen molar-refractivity contribution in [2.24, 2.45) is 0 Å². The number of para-hydroxylation sites is 2. The standard InChI is InChI=1S/C24H24N2O4S2/c1-29-23(27)21(11-15-13-25-19-9-5-3-7-17(15)19)31-32-22(24(28)30-2)12-16-14-26-20-10-6-4-8-18(16)20/h3-10,13-14,21-22,25-26H,11-12H2,1-2H3. The van der Waals surface area contributed by atoms with E-state index in [-0.39, 0.29) is 11.9 Å². The zero-order valence-corrected chi connectivity index (χ0v) is 19.4. The van der Waals surface area contributed by atoms with Gasteiger partial charge < -0.3 is 19.4 Å². The van der Waals surface area contributed by atoms with Crippen molar-refractivity contribution >= 4 is 55.3 Å². The van der Waals surface area contributed by atoms with E-state index in [0.717, 1.165) is 32.9 Å². The molecule has 32 heavy (non-hydrogen) atoms. The summed E-state index contributed by atoms with van der Waals surface area (Å²) in [6.07, 6.45) is 4.84. The summed E-state index contributed by atoms with van der Waals surface area (Å²) < 4.78 is 10.1. The van der Waals surface area contributed by atoms with Crippen molar-refractivity contribution in [3.05, 3.63) is 72.1 Å². The summed E-state index contributed by atoms with van der Waals surface area (Å²) >= 11 is 0. The third kappa shape index (κ3) is 4.81. The van der Waals surface area contributed by atoms with Gasteiger partial charge in [-0.15, -0.1) is 0 Å². The first-order valence-corrected chi connectivity index (χ1v) is 12.5. The molecule has 0 bridgehead atoms. The molecule has 0 fully saturated rings. The average Bonchev–Trinajstić information content (AvgIpc) is 3.44. The predicted octanol–water partition coefficient (Wildman–Crippen LogP) is 4.90. The van der Waals surface area contributed by atoms with Gasteiger partial charge in [-0.05, 0) is 36.1 Å². The van der Waals surface area contributed by atoms with Crippen LogP contribution in [0.2, 0.25) is 0 Å². The van der Waals surface area contributed by atoms with Gasteiger partial charge in [0.1, 0.15) is 10.5 Å². The summed E-state index contributed by atoms with van der Waals surface area (Å²) in [5.74, 6) is -0.632. The molecular weight excluding hydrogens is 444 g/mol. The summed E-state index contributed by atoms with van der Waals surface area (Å²) in [5.41, 5.74) is 4.12. The molecule has 0 aliphatic rings. The van der Waals surface area contributed by atoms with Crippen LogP contribution in [0.5, 0.6) is 0 Å². The normalized spacial score (nSPS) is 13.2. The fourth-order valence-electron chi connectivity index (χ4n) is 3.71. The SMILES string of the molecule is COC(=O)C(Cc1c[nH]c2ccccc12)SSC(Cc1c[nH]c2ccccc12)C(=O)OC. The molecule has 0 aliphatic carbocycles. The third-order valence-electron chi connectivity index (χ3n) is 5.38. The molecule has 2 aromatic heterocycles. The highest BCUT2D eigenvalue weighted by molar-refractivity contribution is 8.77. The monoisotopic (exact) mass is 468 g/mol. The molecule has 0 saturated heterocycles. The van der Waals surface area contributed by atoms with E-state index in [0.29, 0.717) is 12.8 Å². The van der Waals surface area contributed by atoms with Gasteiger partial charge in [-0.2, -0.15) is 0 Å². The highest BCUT2D eigenvalue weighted by Gasteiger charge is 2.28. The quantitative estimate of drug-likeness (QED) is 0.269. The van der Waals surface area contributed by atoms with Gasteiger partial charge in [-0.25, -0.2) is 0 Å². The molecule has 0 aliphatic heterocycles. The van der Waals surface area contributed by atoms with E-state index in [1.165, 1.54) is 35.8 Å². The van der Waals surface area contributed by atoms with Crippen LogP contribution in [0.4, 0.5) is 0 Å². The molecule has 2 heterocycles. The van der Waals surface area contributed by atoms with E-state index in [4.69, 9.17) is 9.47 Å². The molecule has 166 valence electrons. The van der Waals surface area contributed by atoms with Crippen LogP contribution < -0.4 is 0 Å². The molecule has 0 spiro atoms. The lowest BCUT2D eigenvalue weighted by Crippen LogP contribution is -2.24. The molecule has 4 rings (SSSR count). The topological polar surface area (TPSA) is 84.2 Å². The Kier molecular flexibility index (Phi) is 7.12. The molecule has 0 radical (unpaired) electrons. The Morgan fingerprint density at radius 1 is 0.750 bits per heavy atom. The maximum atomic E-state index is 12.5. The zero-order chi connectivity index (χ0) is 22.5. The minimum atomic E-state index is -0.459. The number of aromatic nitrogens is 2. The van der Waals surface area contributed by atoms with Crippen molar-refractivity contribution in [1.82, 2.24) is 9.97 Å². The zero-order valence-electron chi connectivity index (χ0n) is 17.8. The Balaban J connectivity index is 1.51. The number of fused-ring (bicyclic) bond motifs is 2. The van der Waals surface area contributed by atoms with Gasteiger partial charge in [0, 0.05) is 34.2 Å². The number of benzene rings is 2. The van der Waals surface area contributed by atoms with Crippen molar-refractivity contribution in [2.45, 2.75) is 23.3 Å². The van der Waals surface area contributed by atoms with Crippen LogP contribution in [-0.4, -0.2) is 46.6 Å². The lowest BCUT2D eigenvalue weighted by molar-refractivity contribution is -0.140. The minimum Gasteiger partial charge on any atom is -0.468 e. The summed E-state index contributed by atoms with van der Waals surface area (Å²) in [5, 5.41) is 1.24. The molecule has 0 amide bonds. The van der Waals surface area contributed by atoms with Crippen molar-refractivity contribution in [3.8, 4) is 0 Å². The summed E-state index contributed by atoms with van der Waals surface area (Å²) in [4.78, 5) is 31.5. The van der Waals surface area contributed by atoms with Gasteiger partial charge in [0.05, 0.1) is 14.2 Å². The summed E-state index contributed by atoms with van der Waals surface area (Å²) in [6, 6.07) is 16.0. The number of hydrogen-bond donors (Lipinski definition) is 2. The number of esters is 2. The number of methoxy groups -OCH3 is 2. The second kappa shape index (κ2) is 10.2. The lowest BCUT2D eigenvalue weighted by atomic mass is 10.1. The number of H-pyrrole nitrogens is 2. The number of aromatic amines is 2. The molecule has 6 nitrogen and oxygen atoms in total. The fraction of sp³-hybridized carbons (Fsp3) is 0.250. The molecular formula is C24H24N2O4S2. The van der Waals surface area contributed by atoms with Crippen LogP contribution in [0, 0.1) is 0 Å². The number of hydrogen-bond acceptors (Lipinski definition) is 6. The van der Waals surface area contributed by atoms with Crippen LogP contribution >= 0.6 is 21.6 Å². The van der Waals surface area contributed by atoms with E-state index >= 15 is 0 Å². The predicted molar refractivity (Wildman–Crippen MR) is 131 cm³/mol. The van der Waals surface area contributed by atoms with Gasteiger partial charge in [0.2, 0.25) is 0 Å². The molecule has 8 heteroatoms. The van der Waals surface area contributed by atoms with E-state index in [9.17, 15) is 9.59 Å². The maximum absolute atomic E-state index is 12.5. The van der Waals surface area contributed by atoms with Crippen LogP contribution in [-0.2, 0) is 31.9 Å². The van der Waals surface area contributed by atoms with Gasteiger partial charge in [0.15, 0.2) is 0 Å². The molecule has 2 N–H and O–H groups in total. The molecule has 4 aromatic rings. The second-order valence-corrected chi connectivity index (χ2v) is 10.0. The number of carbonyl (C=O) groups is 2. The van der Waals surface area contributed by atoms with Crippen molar-refractivity contribution < 1.29 is 19.1 Å². The Morgan fingerprint density at radius 3 is 1.56 bits per heavy atom. The highest BCUT2D eigenvalue weighted by Crippen LogP contribution is 2.37. The summed E-state index contributed by atoms with van der Waals surface area (Å²) in [6.45, 7) is 0. The fourth-order valence-corrected chi connectivity index (χ4v) is 6.51. The van der Waals surface area contributed by atoms with Gasteiger partial charge in [-0.1, -0.05) is 58.0 Å². The van der Waals surface area contributed by atoms with E-state index in [1.807, 2.05) is 60.9 Å². The number of ether oxygens (including phenoxy) is 2. The smallest absolute Gasteiger partial charge is 0.320 e. The Morgan fingerprint density at radius 2 is 1.16 bits per heavy atom. The number of rotatable bonds is 9. The second-order valence-electron chi connectivity index (χ2n) is 7.34. The molecule has 2 aromatic carbocycles. The first kappa shape index (κ1) is 22.4. The third-order valence-corrected chi connectivity index (χ3v) is 8.40. The van der Waals surface area contributed by atoms with Crippen molar-refractivity contribution in [2.75, 3.05) is 14.2 Å². The average molecular weight is 469 g/mol. The van der Waals surface area contributed by atoms with Crippen LogP contribution in [0.25, 0.3) is 21.8 Å². The highest BCUT2D eigenvalue weighted by atomic mass is 33.1. The van der Waals surface area contributed by atoms with Gasteiger partial charge in [0.25, 0.3) is 0 Å². The number of carbonyl (C=O) groups excluding carboxylic acids is 2.